The van der Waals surface area contributed by atoms with Gasteiger partial charge in [-0.1, -0.05) is 0 Å². The summed E-state index contributed by atoms with van der Waals surface area (Å²) in [5.74, 6) is 0.801. The van der Waals surface area contributed by atoms with Gasteiger partial charge in [-0.15, -0.1) is 0 Å². The van der Waals surface area contributed by atoms with Crippen molar-refractivity contribution in [1.82, 2.24) is 4.98 Å². The van der Waals surface area contributed by atoms with Gasteiger partial charge in [-0.05, 0) is 37.3 Å². The maximum Gasteiger partial charge on any atom is 0.248 e. The number of pyridine rings is 1. The molecule has 0 atom stereocenters. The van der Waals surface area contributed by atoms with E-state index >= 15 is 0 Å². The highest BCUT2D eigenvalue weighted by atomic mass is 16.3. The third-order valence-electron chi connectivity index (χ3n) is 2.31. The number of aryl methyl sites for hydroxylation is 1. The zero-order valence-electron chi connectivity index (χ0n) is 9.88. The molecule has 5 heteroatoms. The lowest BCUT2D eigenvalue weighted by Gasteiger charge is -2.05. The number of hydrogen-bond donors (Lipinski definition) is 2. The number of rotatable bonds is 3. The fourth-order valence-corrected chi connectivity index (χ4v) is 1.43. The van der Waals surface area contributed by atoms with Crippen LogP contribution < -0.4 is 11.1 Å². The molecule has 0 saturated heterocycles. The third kappa shape index (κ3) is 2.98. The molecule has 18 heavy (non-hydrogen) atoms. The highest BCUT2D eigenvalue weighted by Crippen LogP contribution is 2.13. The molecule has 5 nitrogen and oxygen atoms in total. The number of carbonyl (C=O) groups is 1. The van der Waals surface area contributed by atoms with Crippen LogP contribution in [0.3, 0.4) is 0 Å². The van der Waals surface area contributed by atoms with Crippen LogP contribution in [-0.4, -0.2) is 10.9 Å². The van der Waals surface area contributed by atoms with Crippen LogP contribution in [0.1, 0.15) is 11.5 Å². The van der Waals surface area contributed by atoms with E-state index in [4.69, 9.17) is 10.2 Å². The first-order chi connectivity index (χ1) is 8.65. The molecule has 0 aromatic carbocycles. The van der Waals surface area contributed by atoms with Crippen LogP contribution >= 0.6 is 0 Å². The number of anilines is 2. The molecule has 0 radical (unpaired) electrons. The molecular weight excluding hydrogens is 230 g/mol. The Balaban J connectivity index is 2.03. The quantitative estimate of drug-likeness (QED) is 0.810. The Hall–Kier alpha value is -2.56. The van der Waals surface area contributed by atoms with Gasteiger partial charge in [0.1, 0.15) is 11.6 Å². The second-order valence-electron chi connectivity index (χ2n) is 3.71. The highest BCUT2D eigenvalue weighted by molar-refractivity contribution is 6.02. The van der Waals surface area contributed by atoms with Gasteiger partial charge >= 0.3 is 0 Å². The molecule has 0 bridgehead atoms. The minimum Gasteiger partial charge on any atom is -0.465 e. The van der Waals surface area contributed by atoms with E-state index in [2.05, 4.69) is 10.3 Å². The molecular formula is C13H13N3O2. The lowest BCUT2D eigenvalue weighted by molar-refractivity contribution is -0.111. The molecule has 0 aliphatic carbocycles. The Kier molecular flexibility index (Phi) is 3.43. The standard InChI is InChI=1S/C13H13N3O2/c1-9-11(5-6-12(14)15-9)16-13(17)7-4-10-3-2-8-18-10/h2-8H,1H3,(H2,14,15)(H,16,17)/b7-4+. The van der Waals surface area contributed by atoms with E-state index in [0.717, 1.165) is 0 Å². The summed E-state index contributed by atoms with van der Waals surface area (Å²) in [5.41, 5.74) is 6.84. The second kappa shape index (κ2) is 5.18. The minimum atomic E-state index is -0.249. The predicted octanol–water partition coefficient (Wildman–Crippen LogP) is 2.22. The van der Waals surface area contributed by atoms with Gasteiger partial charge in [0, 0.05) is 6.08 Å². The fraction of sp³-hybridized carbons (Fsp3) is 0.0769. The smallest absolute Gasteiger partial charge is 0.248 e. The van der Waals surface area contributed by atoms with Gasteiger partial charge in [-0.3, -0.25) is 4.79 Å². The average Bonchev–Trinajstić information content (AvgIpc) is 2.83. The van der Waals surface area contributed by atoms with Gasteiger partial charge in [-0.25, -0.2) is 4.98 Å². The van der Waals surface area contributed by atoms with Crippen LogP contribution in [0.25, 0.3) is 6.08 Å². The van der Waals surface area contributed by atoms with E-state index in [1.54, 1.807) is 43.5 Å². The topological polar surface area (TPSA) is 81.1 Å². The summed E-state index contributed by atoms with van der Waals surface area (Å²) in [6, 6.07) is 6.88. The van der Waals surface area contributed by atoms with Crippen LogP contribution in [0.2, 0.25) is 0 Å². The normalized spacial score (nSPS) is 10.7. The largest absolute Gasteiger partial charge is 0.465 e. The summed E-state index contributed by atoms with van der Waals surface area (Å²) < 4.78 is 5.08. The molecule has 1 amide bonds. The number of hydrogen-bond acceptors (Lipinski definition) is 4. The number of aromatic nitrogens is 1. The van der Waals surface area contributed by atoms with Crippen molar-refractivity contribution in [2.75, 3.05) is 11.1 Å². The first-order valence-electron chi connectivity index (χ1n) is 5.41. The molecule has 92 valence electrons. The number of amides is 1. The summed E-state index contributed by atoms with van der Waals surface area (Å²) in [7, 11) is 0. The Morgan fingerprint density at radius 1 is 1.44 bits per heavy atom. The first-order valence-corrected chi connectivity index (χ1v) is 5.41. The number of nitrogens with one attached hydrogen (secondary N) is 1. The van der Waals surface area contributed by atoms with Crippen molar-refractivity contribution >= 4 is 23.5 Å². The van der Waals surface area contributed by atoms with Crippen molar-refractivity contribution in [3.05, 3.63) is 48.1 Å². The molecule has 0 aliphatic heterocycles. The van der Waals surface area contributed by atoms with Crippen LogP contribution in [0.5, 0.6) is 0 Å². The molecule has 0 unspecified atom stereocenters. The van der Waals surface area contributed by atoms with Crippen molar-refractivity contribution < 1.29 is 9.21 Å². The van der Waals surface area contributed by atoms with E-state index in [0.29, 0.717) is 23.0 Å². The molecule has 2 aromatic rings. The van der Waals surface area contributed by atoms with Crippen molar-refractivity contribution in [2.24, 2.45) is 0 Å². The van der Waals surface area contributed by atoms with E-state index in [1.807, 2.05) is 0 Å². The van der Waals surface area contributed by atoms with Gasteiger partial charge in [0.15, 0.2) is 0 Å². The van der Waals surface area contributed by atoms with Crippen LogP contribution in [-0.2, 0) is 4.79 Å². The van der Waals surface area contributed by atoms with Gasteiger partial charge < -0.3 is 15.5 Å². The molecule has 0 spiro atoms. The van der Waals surface area contributed by atoms with Crippen LogP contribution in [0, 0.1) is 6.92 Å². The molecule has 2 rings (SSSR count). The molecule has 0 aliphatic rings. The monoisotopic (exact) mass is 243 g/mol. The maximum absolute atomic E-state index is 11.6. The zero-order chi connectivity index (χ0) is 13.0. The van der Waals surface area contributed by atoms with E-state index in [9.17, 15) is 4.79 Å². The van der Waals surface area contributed by atoms with E-state index in [1.165, 1.54) is 6.08 Å². The second-order valence-corrected chi connectivity index (χ2v) is 3.71. The summed E-state index contributed by atoms with van der Waals surface area (Å²) in [6.45, 7) is 1.78. The maximum atomic E-state index is 11.6. The van der Waals surface area contributed by atoms with Crippen molar-refractivity contribution in [1.29, 1.82) is 0 Å². The predicted molar refractivity (Wildman–Crippen MR) is 69.8 cm³/mol. The number of nitrogens with zero attached hydrogens (tertiary/aromatic N) is 1. The zero-order valence-corrected chi connectivity index (χ0v) is 9.88. The summed E-state index contributed by atoms with van der Waals surface area (Å²) in [5, 5.41) is 2.71. The van der Waals surface area contributed by atoms with Gasteiger partial charge in [0.25, 0.3) is 0 Å². The highest BCUT2D eigenvalue weighted by Gasteiger charge is 2.03. The number of nitrogens with two attached hydrogens (primary N) is 1. The first kappa shape index (κ1) is 11.9. The average molecular weight is 243 g/mol. The fourth-order valence-electron chi connectivity index (χ4n) is 1.43. The van der Waals surface area contributed by atoms with Crippen molar-refractivity contribution in [2.45, 2.75) is 6.92 Å². The number of nitrogen functional groups attached to an aromatic ring is 1. The van der Waals surface area contributed by atoms with Crippen molar-refractivity contribution in [3.8, 4) is 0 Å². The van der Waals surface area contributed by atoms with E-state index < -0.39 is 0 Å². The van der Waals surface area contributed by atoms with Gasteiger partial charge in [-0.2, -0.15) is 0 Å². The van der Waals surface area contributed by atoms with E-state index in [-0.39, 0.29) is 5.91 Å². The van der Waals surface area contributed by atoms with Crippen LogP contribution in [0.15, 0.2) is 41.0 Å². The minimum absolute atomic E-state index is 0.249. The lowest BCUT2D eigenvalue weighted by Crippen LogP contribution is -2.10. The lowest BCUT2D eigenvalue weighted by atomic mass is 10.3. The third-order valence-corrected chi connectivity index (χ3v) is 2.31. The number of carbonyl (C=O) groups excluding carboxylic acids is 1. The Morgan fingerprint density at radius 2 is 2.28 bits per heavy atom. The van der Waals surface area contributed by atoms with Crippen molar-refractivity contribution in [3.63, 3.8) is 0 Å². The summed E-state index contributed by atoms with van der Waals surface area (Å²) >= 11 is 0. The Labute approximate surface area is 104 Å². The molecule has 2 aromatic heterocycles. The van der Waals surface area contributed by atoms with Gasteiger partial charge in [0.05, 0.1) is 17.6 Å². The number of furan rings is 1. The molecule has 0 saturated carbocycles. The molecule has 2 heterocycles. The summed E-state index contributed by atoms with van der Waals surface area (Å²) in [6.07, 6.45) is 4.54. The Morgan fingerprint density at radius 3 is 2.94 bits per heavy atom. The van der Waals surface area contributed by atoms with Gasteiger partial charge in [0.2, 0.25) is 5.91 Å². The molecule has 0 fully saturated rings. The molecule has 3 N–H and O–H groups in total. The van der Waals surface area contributed by atoms with Crippen LogP contribution in [0.4, 0.5) is 11.5 Å². The SMILES string of the molecule is Cc1nc(N)ccc1NC(=O)/C=C/c1ccco1. The Bertz CT molecular complexity index is 574. The summed E-state index contributed by atoms with van der Waals surface area (Å²) in [4.78, 5) is 15.7.